The second-order valence-corrected chi connectivity index (χ2v) is 9.17. The summed E-state index contributed by atoms with van der Waals surface area (Å²) in [5.41, 5.74) is -0.464. The van der Waals surface area contributed by atoms with Gasteiger partial charge in [0, 0.05) is 0 Å². The number of ketones is 1. The first kappa shape index (κ1) is 22.9. The van der Waals surface area contributed by atoms with Gasteiger partial charge in [-0.05, 0) is 63.4 Å². The second kappa shape index (κ2) is 8.04. The Morgan fingerprint density at radius 1 is 1.07 bits per heavy atom. The lowest BCUT2D eigenvalue weighted by molar-refractivity contribution is -0.158. The summed E-state index contributed by atoms with van der Waals surface area (Å²) in [6.07, 6.45) is 0.646. The third kappa shape index (κ3) is 4.17. The van der Waals surface area contributed by atoms with Crippen molar-refractivity contribution in [2.75, 3.05) is 0 Å². The van der Waals surface area contributed by atoms with E-state index < -0.39 is 11.2 Å². The molecule has 1 aromatic heterocycles. The number of aromatic nitrogens is 1. The number of halogens is 3. The Morgan fingerprint density at radius 3 is 2.37 bits per heavy atom. The average Bonchev–Trinajstić information content (AvgIpc) is 2.64. The molecule has 0 bridgehead atoms. The number of aryl methyl sites for hydroxylation is 1. The zero-order valence-electron chi connectivity index (χ0n) is 17.3. The van der Waals surface area contributed by atoms with Crippen molar-refractivity contribution in [3.63, 3.8) is 0 Å². The Labute approximate surface area is 190 Å². The van der Waals surface area contributed by atoms with Crippen LogP contribution in [-0.2, 0) is 16.0 Å². The van der Waals surface area contributed by atoms with Gasteiger partial charge < -0.3 is 14.6 Å². The van der Waals surface area contributed by atoms with Gasteiger partial charge in [0.2, 0.25) is 5.88 Å². The molecule has 0 atom stereocenters. The zero-order valence-corrected chi connectivity index (χ0v) is 19.5. The molecule has 0 amide bonds. The third-order valence-corrected chi connectivity index (χ3v) is 5.84. The standard InChI is InChI=1S/C22H22Cl3NO4/c1-6-11-7-8-12(29-20-15(24)10-14(23)19(25)26-20)9-13(11)16-17(27)21(2,3)30-22(4,5)18(16)28/h7-10,27H,6H2,1-5H3. The van der Waals surface area contributed by atoms with Crippen molar-refractivity contribution >= 4 is 46.2 Å². The lowest BCUT2D eigenvalue weighted by Crippen LogP contribution is -2.49. The first-order valence-electron chi connectivity index (χ1n) is 9.38. The maximum Gasteiger partial charge on any atom is 0.239 e. The van der Waals surface area contributed by atoms with Crippen LogP contribution in [0.25, 0.3) is 5.57 Å². The molecular weight excluding hydrogens is 449 g/mol. The molecule has 0 saturated heterocycles. The molecule has 2 aromatic rings. The summed E-state index contributed by atoms with van der Waals surface area (Å²) < 4.78 is 11.7. The van der Waals surface area contributed by atoms with E-state index in [1.54, 1.807) is 39.8 Å². The normalized spacial score (nSPS) is 17.9. The van der Waals surface area contributed by atoms with E-state index in [0.29, 0.717) is 17.7 Å². The van der Waals surface area contributed by atoms with E-state index in [1.807, 2.05) is 13.0 Å². The fraction of sp³-hybridized carbons (Fsp3) is 0.364. The smallest absolute Gasteiger partial charge is 0.239 e. The predicted molar refractivity (Wildman–Crippen MR) is 119 cm³/mol. The van der Waals surface area contributed by atoms with E-state index in [2.05, 4.69) is 4.98 Å². The van der Waals surface area contributed by atoms with Crippen LogP contribution in [0.1, 0.15) is 45.7 Å². The quantitative estimate of drug-likeness (QED) is 0.496. The van der Waals surface area contributed by atoms with Gasteiger partial charge in [-0.25, -0.2) is 0 Å². The number of carbonyl (C=O) groups is 1. The fourth-order valence-electron chi connectivity index (χ4n) is 3.46. The molecule has 1 aromatic carbocycles. The van der Waals surface area contributed by atoms with Crippen LogP contribution in [0.3, 0.4) is 0 Å². The van der Waals surface area contributed by atoms with E-state index in [9.17, 15) is 9.90 Å². The van der Waals surface area contributed by atoms with Gasteiger partial charge in [-0.2, -0.15) is 4.98 Å². The van der Waals surface area contributed by atoms with E-state index in [4.69, 9.17) is 44.3 Å². The van der Waals surface area contributed by atoms with Crippen LogP contribution in [0.15, 0.2) is 30.0 Å². The highest BCUT2D eigenvalue weighted by Gasteiger charge is 2.47. The van der Waals surface area contributed by atoms with Gasteiger partial charge in [-0.1, -0.05) is 47.8 Å². The summed E-state index contributed by atoms with van der Waals surface area (Å²) >= 11 is 18.1. The Hall–Kier alpha value is -1.79. The highest BCUT2D eigenvalue weighted by Crippen LogP contribution is 2.42. The Balaban J connectivity index is 2.14. The van der Waals surface area contributed by atoms with Gasteiger partial charge in [0.1, 0.15) is 27.7 Å². The molecule has 0 fully saturated rings. The number of hydrogen-bond acceptors (Lipinski definition) is 5. The Bertz CT molecular complexity index is 1060. The van der Waals surface area contributed by atoms with Crippen LogP contribution >= 0.6 is 34.8 Å². The number of carbonyl (C=O) groups excluding carboxylic acids is 1. The van der Waals surface area contributed by atoms with Crippen LogP contribution < -0.4 is 4.74 Å². The maximum atomic E-state index is 13.2. The monoisotopic (exact) mass is 469 g/mol. The molecule has 1 aliphatic heterocycles. The molecule has 0 spiro atoms. The molecule has 1 aliphatic rings. The number of hydrogen-bond donors (Lipinski definition) is 1. The second-order valence-electron chi connectivity index (χ2n) is 8.00. The number of rotatable bonds is 4. The number of aliphatic hydroxyl groups excluding tert-OH is 1. The van der Waals surface area contributed by atoms with Gasteiger partial charge in [-0.15, -0.1) is 0 Å². The van der Waals surface area contributed by atoms with Crippen molar-refractivity contribution in [2.45, 2.75) is 52.2 Å². The number of ether oxygens (including phenoxy) is 2. The minimum Gasteiger partial charge on any atom is -0.508 e. The summed E-state index contributed by atoms with van der Waals surface area (Å²) in [6, 6.07) is 6.69. The maximum absolute atomic E-state index is 13.2. The molecule has 0 aliphatic carbocycles. The third-order valence-electron chi connectivity index (χ3n) is 4.89. The highest BCUT2D eigenvalue weighted by atomic mass is 35.5. The SMILES string of the molecule is CCc1ccc(Oc2nc(Cl)c(Cl)cc2Cl)cc1C1=C(O)C(C)(C)OC(C)(C)C1=O. The van der Waals surface area contributed by atoms with Crippen LogP contribution in [0.5, 0.6) is 11.6 Å². The molecule has 30 heavy (non-hydrogen) atoms. The van der Waals surface area contributed by atoms with Gasteiger partial charge in [-0.3, -0.25) is 4.79 Å². The minimum atomic E-state index is -1.10. The fourth-order valence-corrected chi connectivity index (χ4v) is 3.99. The molecular formula is C22H22Cl3NO4. The molecule has 3 rings (SSSR count). The lowest BCUT2D eigenvalue weighted by Gasteiger charge is -2.40. The molecule has 5 nitrogen and oxygen atoms in total. The van der Waals surface area contributed by atoms with Gasteiger partial charge in [0.05, 0.1) is 10.6 Å². The number of nitrogens with zero attached hydrogens (tertiary/aromatic N) is 1. The highest BCUT2D eigenvalue weighted by molar-refractivity contribution is 6.42. The van der Waals surface area contributed by atoms with E-state index in [1.165, 1.54) is 6.07 Å². The van der Waals surface area contributed by atoms with Crippen LogP contribution in [0.4, 0.5) is 0 Å². The number of benzene rings is 1. The first-order valence-corrected chi connectivity index (χ1v) is 10.5. The van der Waals surface area contributed by atoms with Crippen molar-refractivity contribution in [1.29, 1.82) is 0 Å². The summed E-state index contributed by atoms with van der Waals surface area (Å²) in [6.45, 7) is 8.79. The molecule has 8 heteroatoms. The van der Waals surface area contributed by atoms with Crippen molar-refractivity contribution < 1.29 is 19.4 Å². The Morgan fingerprint density at radius 2 is 1.73 bits per heavy atom. The van der Waals surface area contributed by atoms with Crippen molar-refractivity contribution in [2.24, 2.45) is 0 Å². The predicted octanol–water partition coefficient (Wildman–Crippen LogP) is 6.82. The number of aliphatic hydroxyl groups is 1. The molecule has 2 heterocycles. The molecule has 0 saturated carbocycles. The van der Waals surface area contributed by atoms with Gasteiger partial charge >= 0.3 is 0 Å². The van der Waals surface area contributed by atoms with Crippen LogP contribution in [-0.4, -0.2) is 27.1 Å². The van der Waals surface area contributed by atoms with Crippen molar-refractivity contribution in [1.82, 2.24) is 4.98 Å². The molecule has 0 radical (unpaired) electrons. The van der Waals surface area contributed by atoms with E-state index in [0.717, 1.165) is 5.56 Å². The summed E-state index contributed by atoms with van der Waals surface area (Å²) in [5.74, 6) is 0.0323. The van der Waals surface area contributed by atoms with E-state index in [-0.39, 0.29) is 38.2 Å². The Kier molecular flexibility index (Phi) is 6.14. The molecule has 160 valence electrons. The lowest BCUT2D eigenvalue weighted by atomic mass is 9.81. The van der Waals surface area contributed by atoms with Crippen molar-refractivity contribution in [3.05, 3.63) is 56.3 Å². The zero-order chi connectivity index (χ0) is 22.4. The average molecular weight is 471 g/mol. The topological polar surface area (TPSA) is 68.7 Å². The van der Waals surface area contributed by atoms with Gasteiger partial charge in [0.25, 0.3) is 0 Å². The summed E-state index contributed by atoms with van der Waals surface area (Å²) in [4.78, 5) is 17.2. The molecule has 1 N–H and O–H groups in total. The first-order chi connectivity index (χ1) is 13.9. The minimum absolute atomic E-state index is 0.0601. The summed E-state index contributed by atoms with van der Waals surface area (Å²) in [5, 5.41) is 11.4. The number of pyridine rings is 1. The largest absolute Gasteiger partial charge is 0.508 e. The summed E-state index contributed by atoms with van der Waals surface area (Å²) in [7, 11) is 0. The van der Waals surface area contributed by atoms with E-state index >= 15 is 0 Å². The van der Waals surface area contributed by atoms with Crippen LogP contribution in [0, 0.1) is 0 Å². The van der Waals surface area contributed by atoms with Crippen molar-refractivity contribution in [3.8, 4) is 11.6 Å². The van der Waals surface area contributed by atoms with Gasteiger partial charge in [0.15, 0.2) is 10.9 Å². The number of Topliss-reactive ketones (excluding diaryl/α,β-unsaturated/α-hetero) is 1. The van der Waals surface area contributed by atoms with Crippen LogP contribution in [0.2, 0.25) is 15.2 Å². The molecule has 0 unspecified atom stereocenters.